The molecule has 19 heavy (non-hydrogen) atoms. The molecule has 0 radical (unpaired) electrons. The van der Waals surface area contributed by atoms with Gasteiger partial charge >= 0.3 is 8.03 Å². The molecule has 0 aliphatic rings. The molecule has 1 aromatic carbocycles. The first-order valence-electron chi connectivity index (χ1n) is 5.62. The number of nitrogens with zero attached hydrogens (tertiary/aromatic N) is 1. The average Bonchev–Trinajstić information content (AvgIpc) is 2.42. The molecule has 4 nitrogen and oxygen atoms in total. The van der Waals surface area contributed by atoms with Gasteiger partial charge in [0.25, 0.3) is 0 Å². The third-order valence-corrected chi connectivity index (χ3v) is 4.76. The van der Waals surface area contributed by atoms with Crippen molar-refractivity contribution in [3.8, 4) is 0 Å². The van der Waals surface area contributed by atoms with E-state index in [1.165, 1.54) is 18.9 Å². The van der Waals surface area contributed by atoms with E-state index in [0.717, 1.165) is 15.5 Å². The Morgan fingerprint density at radius 3 is 2.79 bits per heavy atom. The SMILES string of the molecule is CO[P+](=O)c1cc(Sc2ccccn2)c(C)cc1N. The summed E-state index contributed by atoms with van der Waals surface area (Å²) in [6, 6.07) is 9.35. The van der Waals surface area contributed by atoms with Gasteiger partial charge in [-0.15, -0.1) is 4.52 Å². The number of hydrogen-bond donors (Lipinski definition) is 1. The largest absolute Gasteiger partial charge is 0.550 e. The Kier molecular flexibility index (Phi) is 4.53. The van der Waals surface area contributed by atoms with E-state index in [9.17, 15) is 4.57 Å². The normalized spacial score (nSPS) is 11.4. The van der Waals surface area contributed by atoms with Crippen LogP contribution in [-0.4, -0.2) is 12.1 Å². The van der Waals surface area contributed by atoms with E-state index in [-0.39, 0.29) is 0 Å². The van der Waals surface area contributed by atoms with Crippen molar-refractivity contribution >= 4 is 30.8 Å². The fourth-order valence-electron chi connectivity index (χ4n) is 1.59. The summed E-state index contributed by atoms with van der Waals surface area (Å²) < 4.78 is 16.6. The van der Waals surface area contributed by atoms with Gasteiger partial charge in [-0.3, -0.25) is 0 Å². The van der Waals surface area contributed by atoms with Crippen LogP contribution in [0.4, 0.5) is 5.69 Å². The standard InChI is InChI=1S/C13H14N2O2PS/c1-9-7-10(14)11(18(16)17-2)8-12(9)19-13-5-3-4-6-15-13/h3-8H,14H2,1-2H3/q+1. The van der Waals surface area contributed by atoms with E-state index in [2.05, 4.69) is 4.98 Å². The van der Waals surface area contributed by atoms with Crippen molar-refractivity contribution in [3.63, 3.8) is 0 Å². The highest BCUT2D eigenvalue weighted by Gasteiger charge is 2.25. The molecular formula is C13H14N2O2PS+. The van der Waals surface area contributed by atoms with Crippen LogP contribution in [0.5, 0.6) is 0 Å². The Labute approximate surface area is 117 Å². The number of aryl methyl sites for hydroxylation is 1. The summed E-state index contributed by atoms with van der Waals surface area (Å²) in [7, 11) is -0.500. The molecule has 0 aliphatic carbocycles. The average molecular weight is 293 g/mol. The molecular weight excluding hydrogens is 279 g/mol. The highest BCUT2D eigenvalue weighted by Crippen LogP contribution is 2.33. The number of hydrogen-bond acceptors (Lipinski definition) is 5. The summed E-state index contributed by atoms with van der Waals surface area (Å²) in [5, 5.41) is 1.41. The van der Waals surface area contributed by atoms with Crippen molar-refractivity contribution in [3.05, 3.63) is 42.1 Å². The van der Waals surface area contributed by atoms with Crippen LogP contribution in [0.15, 0.2) is 46.5 Å². The molecule has 2 rings (SSSR count). The number of rotatable bonds is 4. The highest BCUT2D eigenvalue weighted by atomic mass is 32.2. The maximum Gasteiger partial charge on any atom is 0.550 e. The van der Waals surface area contributed by atoms with Crippen LogP contribution in [0.25, 0.3) is 0 Å². The van der Waals surface area contributed by atoms with E-state index in [4.69, 9.17) is 10.3 Å². The van der Waals surface area contributed by atoms with Gasteiger partial charge in [0.1, 0.15) is 5.03 Å². The lowest BCUT2D eigenvalue weighted by Crippen LogP contribution is -2.07. The van der Waals surface area contributed by atoms with E-state index in [1.54, 1.807) is 6.20 Å². The Hall–Kier alpha value is -1.42. The van der Waals surface area contributed by atoms with Crippen LogP contribution < -0.4 is 11.0 Å². The van der Waals surface area contributed by atoms with E-state index in [1.807, 2.05) is 37.3 Å². The van der Waals surface area contributed by atoms with Crippen molar-refractivity contribution in [2.24, 2.45) is 0 Å². The first-order valence-corrected chi connectivity index (χ1v) is 7.61. The van der Waals surface area contributed by atoms with Gasteiger partial charge in [-0.05, 0) is 35.3 Å². The van der Waals surface area contributed by atoms with E-state index in [0.29, 0.717) is 11.0 Å². The first-order chi connectivity index (χ1) is 9.11. The fourth-order valence-corrected chi connectivity index (χ4v) is 3.26. The minimum absolute atomic E-state index is 0.492. The molecule has 0 spiro atoms. The number of nitrogen functional groups attached to an aromatic ring is 1. The third-order valence-electron chi connectivity index (χ3n) is 2.54. The number of aromatic nitrogens is 1. The van der Waals surface area contributed by atoms with Crippen LogP contribution in [-0.2, 0) is 9.09 Å². The third kappa shape index (κ3) is 3.32. The molecule has 1 unspecified atom stereocenters. The van der Waals surface area contributed by atoms with E-state index < -0.39 is 8.03 Å². The molecule has 2 aromatic rings. The molecule has 98 valence electrons. The van der Waals surface area contributed by atoms with Crippen molar-refractivity contribution in [2.75, 3.05) is 12.8 Å². The molecule has 1 aromatic heterocycles. The fraction of sp³-hybridized carbons (Fsp3) is 0.154. The quantitative estimate of drug-likeness (QED) is 0.693. The second-order valence-corrected chi connectivity index (χ2v) is 6.31. The summed E-state index contributed by atoms with van der Waals surface area (Å²) in [5.41, 5.74) is 7.39. The number of benzene rings is 1. The van der Waals surface area contributed by atoms with Gasteiger partial charge in [-0.2, -0.15) is 0 Å². The Morgan fingerprint density at radius 2 is 2.16 bits per heavy atom. The van der Waals surface area contributed by atoms with Crippen LogP contribution in [0.1, 0.15) is 5.56 Å². The van der Waals surface area contributed by atoms with Gasteiger partial charge in [0.2, 0.25) is 5.30 Å². The topological polar surface area (TPSA) is 65.2 Å². The van der Waals surface area contributed by atoms with E-state index >= 15 is 0 Å². The van der Waals surface area contributed by atoms with Crippen LogP contribution >= 0.6 is 19.8 Å². The monoisotopic (exact) mass is 293 g/mol. The van der Waals surface area contributed by atoms with Gasteiger partial charge in [-0.1, -0.05) is 17.8 Å². The van der Waals surface area contributed by atoms with Crippen molar-refractivity contribution < 1.29 is 9.09 Å². The zero-order chi connectivity index (χ0) is 13.8. The second kappa shape index (κ2) is 6.15. The van der Waals surface area contributed by atoms with Gasteiger partial charge in [0.05, 0.1) is 12.8 Å². The van der Waals surface area contributed by atoms with Crippen LogP contribution in [0.2, 0.25) is 0 Å². The minimum Gasteiger partial charge on any atom is -0.395 e. The smallest absolute Gasteiger partial charge is 0.395 e. The molecule has 1 atom stereocenters. The molecule has 6 heteroatoms. The number of anilines is 1. The number of nitrogens with two attached hydrogens (primary N) is 1. The number of pyridine rings is 1. The highest BCUT2D eigenvalue weighted by molar-refractivity contribution is 7.99. The summed E-state index contributed by atoms with van der Waals surface area (Å²) in [6.45, 7) is 1.96. The lowest BCUT2D eigenvalue weighted by molar-refractivity contribution is 0.423. The summed E-state index contributed by atoms with van der Waals surface area (Å²) in [5.74, 6) is 0. The van der Waals surface area contributed by atoms with Crippen LogP contribution in [0, 0.1) is 6.92 Å². The molecule has 0 saturated heterocycles. The van der Waals surface area contributed by atoms with Gasteiger partial charge < -0.3 is 5.73 Å². The molecule has 1 heterocycles. The van der Waals surface area contributed by atoms with Crippen molar-refractivity contribution in [1.29, 1.82) is 0 Å². The zero-order valence-electron chi connectivity index (χ0n) is 10.7. The maximum atomic E-state index is 11.8. The summed E-state index contributed by atoms with van der Waals surface area (Å²) in [4.78, 5) is 5.24. The lowest BCUT2D eigenvalue weighted by atomic mass is 10.2. The second-order valence-electron chi connectivity index (χ2n) is 3.89. The maximum absolute atomic E-state index is 11.8. The molecule has 0 saturated carbocycles. The molecule has 0 bridgehead atoms. The first kappa shape index (κ1) is 14.0. The van der Waals surface area contributed by atoms with Crippen molar-refractivity contribution in [1.82, 2.24) is 4.98 Å². The summed E-state index contributed by atoms with van der Waals surface area (Å²) >= 11 is 1.51. The zero-order valence-corrected chi connectivity index (χ0v) is 12.4. The van der Waals surface area contributed by atoms with Gasteiger partial charge in [-0.25, -0.2) is 4.98 Å². The molecule has 2 N–H and O–H groups in total. The predicted octanol–water partition coefficient (Wildman–Crippen LogP) is 3.14. The minimum atomic E-state index is -1.91. The van der Waals surface area contributed by atoms with Crippen LogP contribution in [0.3, 0.4) is 0 Å². The Bertz CT molecular complexity index is 605. The summed E-state index contributed by atoms with van der Waals surface area (Å²) in [6.07, 6.45) is 1.74. The van der Waals surface area contributed by atoms with Crippen molar-refractivity contribution in [2.45, 2.75) is 16.8 Å². The van der Waals surface area contributed by atoms with Gasteiger partial charge in [0.15, 0.2) is 0 Å². The Balaban J connectivity index is 2.38. The van der Waals surface area contributed by atoms with Gasteiger partial charge in [0, 0.05) is 17.2 Å². The Morgan fingerprint density at radius 1 is 1.37 bits per heavy atom. The molecule has 0 aliphatic heterocycles. The molecule has 0 amide bonds. The molecule has 0 fully saturated rings. The lowest BCUT2D eigenvalue weighted by Gasteiger charge is -2.06. The predicted molar refractivity (Wildman–Crippen MR) is 78.2 cm³/mol.